The lowest BCUT2D eigenvalue weighted by Gasteiger charge is -2.21. The molecule has 0 saturated carbocycles. The molecule has 2 nitrogen and oxygen atoms in total. The number of aryl methyl sites for hydroxylation is 1. The molecule has 1 heterocycles. The van der Waals surface area contributed by atoms with Crippen molar-refractivity contribution < 1.29 is 4.79 Å². The van der Waals surface area contributed by atoms with Gasteiger partial charge < -0.3 is 4.79 Å². The summed E-state index contributed by atoms with van der Waals surface area (Å²) >= 11 is 3.54. The van der Waals surface area contributed by atoms with Gasteiger partial charge in [-0.2, -0.15) is 0 Å². The van der Waals surface area contributed by atoms with Gasteiger partial charge >= 0.3 is 0 Å². The lowest BCUT2D eigenvalue weighted by Crippen LogP contribution is -2.22. The molecule has 0 saturated heterocycles. The summed E-state index contributed by atoms with van der Waals surface area (Å²) in [5, 5.41) is 0. The predicted molar refractivity (Wildman–Crippen MR) is 83.4 cm³/mol. The first-order chi connectivity index (χ1) is 9.69. The Morgan fingerprint density at radius 2 is 2.05 bits per heavy atom. The molecule has 2 aromatic carbocycles. The fraction of sp³-hybridized carbons (Fsp3) is 0.235. The summed E-state index contributed by atoms with van der Waals surface area (Å²) in [7, 11) is 0. The lowest BCUT2D eigenvalue weighted by atomic mass is 10.00. The number of aldehydes is 1. The van der Waals surface area contributed by atoms with Gasteiger partial charge in [-0.1, -0.05) is 46.3 Å². The van der Waals surface area contributed by atoms with Crippen LogP contribution in [0.25, 0.3) is 0 Å². The molecule has 1 aliphatic rings. The van der Waals surface area contributed by atoms with E-state index in [-0.39, 0.29) is 6.04 Å². The Bertz CT molecular complexity index is 639. The summed E-state index contributed by atoms with van der Waals surface area (Å²) in [6.07, 6.45) is 1.07. The first-order valence-corrected chi connectivity index (χ1v) is 7.50. The van der Waals surface area contributed by atoms with Gasteiger partial charge in [0.1, 0.15) is 6.29 Å². The third-order valence-corrected chi connectivity index (χ3v) is 4.32. The van der Waals surface area contributed by atoms with Crippen molar-refractivity contribution in [3.8, 4) is 0 Å². The molecule has 2 aromatic rings. The fourth-order valence-corrected chi connectivity index (χ4v) is 3.62. The Balaban J connectivity index is 1.93. The van der Waals surface area contributed by atoms with E-state index in [9.17, 15) is 4.79 Å². The normalized spacial score (nSPS) is 18.0. The number of hydrogen-bond donors (Lipinski definition) is 0. The van der Waals surface area contributed by atoms with Gasteiger partial charge in [0, 0.05) is 17.6 Å². The first kappa shape index (κ1) is 13.5. The number of nitrogens with zero attached hydrogens (tertiary/aromatic N) is 1. The minimum Gasteiger partial charge on any atom is -0.301 e. The van der Waals surface area contributed by atoms with Crippen molar-refractivity contribution in [1.82, 2.24) is 4.90 Å². The van der Waals surface area contributed by atoms with Crippen LogP contribution in [0.1, 0.15) is 28.3 Å². The van der Waals surface area contributed by atoms with E-state index >= 15 is 0 Å². The zero-order valence-electron chi connectivity index (χ0n) is 11.3. The molecule has 1 atom stereocenters. The Morgan fingerprint density at radius 1 is 1.30 bits per heavy atom. The maximum Gasteiger partial charge on any atom is 0.141 e. The molecular formula is C17H16BrNO. The molecule has 0 bridgehead atoms. The molecule has 0 N–H and O–H groups in total. The summed E-state index contributed by atoms with van der Waals surface area (Å²) < 4.78 is 1.08. The quantitative estimate of drug-likeness (QED) is 0.793. The number of carbonyl (C=O) groups excluding carboxylic acids is 1. The maximum absolute atomic E-state index is 11.6. The second-order valence-corrected chi connectivity index (χ2v) is 6.18. The number of halogens is 1. The minimum atomic E-state index is -0.127. The highest BCUT2D eigenvalue weighted by molar-refractivity contribution is 9.10. The molecule has 0 amide bonds. The summed E-state index contributed by atoms with van der Waals surface area (Å²) in [4.78, 5) is 13.8. The lowest BCUT2D eigenvalue weighted by molar-refractivity contribution is -0.112. The van der Waals surface area contributed by atoms with E-state index in [1.807, 2.05) is 18.2 Å². The van der Waals surface area contributed by atoms with Crippen molar-refractivity contribution in [2.75, 3.05) is 0 Å². The van der Waals surface area contributed by atoms with E-state index in [0.29, 0.717) is 0 Å². The molecule has 0 radical (unpaired) electrons. The van der Waals surface area contributed by atoms with Crippen molar-refractivity contribution in [3.05, 3.63) is 69.2 Å². The van der Waals surface area contributed by atoms with Crippen molar-refractivity contribution in [2.45, 2.75) is 26.1 Å². The molecule has 20 heavy (non-hydrogen) atoms. The number of benzene rings is 2. The molecule has 0 fully saturated rings. The van der Waals surface area contributed by atoms with Crippen LogP contribution in [0.3, 0.4) is 0 Å². The number of hydrogen-bond acceptors (Lipinski definition) is 2. The van der Waals surface area contributed by atoms with Gasteiger partial charge in [-0.3, -0.25) is 4.90 Å². The largest absolute Gasteiger partial charge is 0.301 e. The smallest absolute Gasteiger partial charge is 0.141 e. The topological polar surface area (TPSA) is 20.3 Å². The SMILES string of the molecule is Cc1cc(Br)cc2c1C(C=O)N(Cc1ccccc1)C2. The van der Waals surface area contributed by atoms with Crippen molar-refractivity contribution in [2.24, 2.45) is 0 Å². The second-order valence-electron chi connectivity index (χ2n) is 5.27. The number of rotatable bonds is 3. The van der Waals surface area contributed by atoms with Crippen LogP contribution >= 0.6 is 15.9 Å². The van der Waals surface area contributed by atoms with E-state index in [1.54, 1.807) is 0 Å². The third kappa shape index (κ3) is 2.43. The van der Waals surface area contributed by atoms with Gasteiger partial charge in [-0.15, -0.1) is 0 Å². The monoisotopic (exact) mass is 329 g/mol. The highest BCUT2D eigenvalue weighted by atomic mass is 79.9. The first-order valence-electron chi connectivity index (χ1n) is 6.71. The van der Waals surface area contributed by atoms with E-state index in [2.05, 4.69) is 52.0 Å². The zero-order chi connectivity index (χ0) is 14.1. The van der Waals surface area contributed by atoms with Gasteiger partial charge in [0.2, 0.25) is 0 Å². The van der Waals surface area contributed by atoms with Crippen molar-refractivity contribution in [1.29, 1.82) is 0 Å². The Morgan fingerprint density at radius 3 is 2.75 bits per heavy atom. The average Bonchev–Trinajstić information content (AvgIpc) is 2.77. The van der Waals surface area contributed by atoms with Crippen LogP contribution in [-0.4, -0.2) is 11.2 Å². The molecule has 1 aliphatic heterocycles. The van der Waals surface area contributed by atoms with E-state index in [4.69, 9.17) is 0 Å². The van der Waals surface area contributed by atoms with Gasteiger partial charge in [-0.05, 0) is 41.3 Å². The average molecular weight is 330 g/mol. The molecule has 1 unspecified atom stereocenters. The summed E-state index contributed by atoms with van der Waals surface area (Å²) in [5.74, 6) is 0. The molecule has 3 heteroatoms. The Kier molecular flexibility index (Phi) is 3.72. The Hall–Kier alpha value is -1.45. The van der Waals surface area contributed by atoms with Gasteiger partial charge in [-0.25, -0.2) is 0 Å². The summed E-state index contributed by atoms with van der Waals surface area (Å²) in [6.45, 7) is 3.70. The maximum atomic E-state index is 11.6. The highest BCUT2D eigenvalue weighted by Crippen LogP contribution is 2.37. The third-order valence-electron chi connectivity index (χ3n) is 3.86. The zero-order valence-corrected chi connectivity index (χ0v) is 12.9. The summed E-state index contributed by atoms with van der Waals surface area (Å²) in [5.41, 5.74) is 4.86. The number of carbonyl (C=O) groups is 1. The minimum absolute atomic E-state index is 0.127. The predicted octanol–water partition coefficient (Wildman–Crippen LogP) is 4.01. The van der Waals surface area contributed by atoms with Crippen LogP contribution in [-0.2, 0) is 17.9 Å². The van der Waals surface area contributed by atoms with Gasteiger partial charge in [0.15, 0.2) is 0 Å². The van der Waals surface area contributed by atoms with Gasteiger partial charge in [0.05, 0.1) is 6.04 Å². The number of fused-ring (bicyclic) bond motifs is 1. The Labute approximate surface area is 127 Å². The molecule has 102 valence electrons. The molecule has 0 aromatic heterocycles. The summed E-state index contributed by atoms with van der Waals surface area (Å²) in [6, 6.07) is 14.4. The van der Waals surface area contributed by atoms with E-state index in [1.165, 1.54) is 22.3 Å². The van der Waals surface area contributed by atoms with Crippen molar-refractivity contribution >= 4 is 22.2 Å². The van der Waals surface area contributed by atoms with Crippen LogP contribution in [0.4, 0.5) is 0 Å². The highest BCUT2D eigenvalue weighted by Gasteiger charge is 2.31. The van der Waals surface area contributed by atoms with Crippen LogP contribution < -0.4 is 0 Å². The second kappa shape index (κ2) is 5.51. The van der Waals surface area contributed by atoms with E-state index in [0.717, 1.165) is 23.8 Å². The standard InChI is InChI=1S/C17H16BrNO/c1-12-7-15(18)8-14-10-19(16(11-20)17(12)14)9-13-5-3-2-4-6-13/h2-8,11,16H,9-10H2,1H3. The van der Waals surface area contributed by atoms with Crippen molar-refractivity contribution in [3.63, 3.8) is 0 Å². The van der Waals surface area contributed by atoms with Crippen LogP contribution in [0.2, 0.25) is 0 Å². The van der Waals surface area contributed by atoms with E-state index < -0.39 is 0 Å². The molecule has 3 rings (SSSR count). The van der Waals surface area contributed by atoms with Crippen LogP contribution in [0.15, 0.2) is 46.9 Å². The molecule has 0 spiro atoms. The van der Waals surface area contributed by atoms with Crippen LogP contribution in [0.5, 0.6) is 0 Å². The van der Waals surface area contributed by atoms with Gasteiger partial charge in [0.25, 0.3) is 0 Å². The molecular weight excluding hydrogens is 314 g/mol. The molecule has 0 aliphatic carbocycles. The van der Waals surface area contributed by atoms with Crippen LogP contribution in [0, 0.1) is 6.92 Å². The fourth-order valence-electron chi connectivity index (χ4n) is 3.00.